The van der Waals surface area contributed by atoms with E-state index in [-0.39, 0.29) is 11.5 Å². The van der Waals surface area contributed by atoms with Crippen LogP contribution in [0.15, 0.2) is 46.6 Å². The summed E-state index contributed by atoms with van der Waals surface area (Å²) in [7, 11) is 0. The number of aromatic amines is 1. The largest absolute Gasteiger partial charge is 0.486 e. The predicted octanol–water partition coefficient (Wildman–Crippen LogP) is 3.77. The zero-order chi connectivity index (χ0) is 21.0. The highest BCUT2D eigenvalue weighted by Gasteiger charge is 2.31. The molecule has 1 atom stereocenters. The summed E-state index contributed by atoms with van der Waals surface area (Å²) in [4.78, 5) is 13.2. The van der Waals surface area contributed by atoms with E-state index >= 15 is 0 Å². The maximum atomic E-state index is 5.77. The molecule has 0 aliphatic heterocycles. The van der Waals surface area contributed by atoms with Crippen LogP contribution in [0.4, 0.5) is 0 Å². The Labute approximate surface area is 177 Å². The van der Waals surface area contributed by atoms with Gasteiger partial charge in [0.05, 0.1) is 11.7 Å². The van der Waals surface area contributed by atoms with E-state index in [1.165, 1.54) is 6.33 Å². The van der Waals surface area contributed by atoms with Crippen molar-refractivity contribution in [2.75, 3.05) is 0 Å². The molecule has 0 aliphatic carbocycles. The molecule has 156 valence electrons. The minimum absolute atomic E-state index is 0.152. The van der Waals surface area contributed by atoms with Crippen molar-refractivity contribution < 1.29 is 9.26 Å². The van der Waals surface area contributed by atoms with Gasteiger partial charge in [-0.05, 0) is 17.5 Å². The third-order valence-corrected chi connectivity index (χ3v) is 5.24. The lowest BCUT2D eigenvalue weighted by molar-refractivity contribution is 0.211. The van der Waals surface area contributed by atoms with Crippen molar-refractivity contribution in [3.63, 3.8) is 0 Å². The van der Waals surface area contributed by atoms with Crippen molar-refractivity contribution in [2.24, 2.45) is 5.41 Å². The number of rotatable bonds is 8. The zero-order valence-electron chi connectivity index (χ0n) is 17.0. The quantitative estimate of drug-likeness (QED) is 0.438. The van der Waals surface area contributed by atoms with Gasteiger partial charge in [-0.25, -0.2) is 9.97 Å². The van der Waals surface area contributed by atoms with Gasteiger partial charge in [-0.1, -0.05) is 44.1 Å². The fourth-order valence-corrected chi connectivity index (χ4v) is 3.60. The van der Waals surface area contributed by atoms with Crippen molar-refractivity contribution >= 4 is 11.3 Å². The molecule has 0 amide bonds. The fourth-order valence-electron chi connectivity index (χ4n) is 2.89. The van der Waals surface area contributed by atoms with E-state index in [1.54, 1.807) is 11.3 Å². The summed E-state index contributed by atoms with van der Waals surface area (Å²) in [6.07, 6.45) is 1.41. The first kappa shape index (κ1) is 20.2. The number of benzene rings is 1. The average Bonchev–Trinajstić information content (AvgIpc) is 3.48. The maximum Gasteiger partial charge on any atom is 0.244 e. The number of nitrogens with zero attached hydrogens (tertiary/aromatic N) is 5. The molecule has 0 saturated heterocycles. The van der Waals surface area contributed by atoms with Gasteiger partial charge in [-0.15, -0.1) is 11.3 Å². The first-order chi connectivity index (χ1) is 14.5. The molecule has 1 unspecified atom stereocenters. The number of hydrogen-bond acceptors (Lipinski definition) is 9. The molecule has 1 aromatic carbocycles. The standard InChI is InChI=1S/C20H23N7O2S/c1-20(2,3)16(19-25-18(27-29-19)17-22-12-23-26-17)21-9-13-11-30-15(24-13)10-28-14-7-5-4-6-8-14/h4-8,11-12,16,21H,9-10H2,1-3H3,(H,22,23,26). The van der Waals surface area contributed by atoms with E-state index in [0.717, 1.165) is 16.5 Å². The first-order valence-electron chi connectivity index (χ1n) is 9.53. The van der Waals surface area contributed by atoms with E-state index in [0.29, 0.717) is 30.7 Å². The molecule has 4 rings (SSSR count). The molecular formula is C20H23N7O2S. The Kier molecular flexibility index (Phi) is 5.86. The Morgan fingerprint density at radius 2 is 2.03 bits per heavy atom. The highest BCUT2D eigenvalue weighted by atomic mass is 32.1. The third kappa shape index (κ3) is 4.89. The maximum absolute atomic E-state index is 5.77. The van der Waals surface area contributed by atoms with Crippen molar-refractivity contribution in [2.45, 2.75) is 40.0 Å². The Morgan fingerprint density at radius 1 is 1.20 bits per heavy atom. The molecule has 9 nitrogen and oxygen atoms in total. The molecule has 3 aromatic heterocycles. The Bertz CT molecular complexity index is 1050. The fraction of sp³-hybridized carbons (Fsp3) is 0.350. The SMILES string of the molecule is CC(C)(C)C(NCc1csc(COc2ccccc2)n1)c1nc(-c2ncn[nH]2)no1. The van der Waals surface area contributed by atoms with Crippen LogP contribution in [-0.4, -0.2) is 30.3 Å². The number of para-hydroxylation sites is 1. The van der Waals surface area contributed by atoms with Crippen LogP contribution in [-0.2, 0) is 13.2 Å². The van der Waals surface area contributed by atoms with Crippen LogP contribution in [0.1, 0.15) is 43.4 Å². The molecule has 10 heteroatoms. The molecule has 4 aromatic rings. The van der Waals surface area contributed by atoms with Gasteiger partial charge >= 0.3 is 0 Å². The number of H-pyrrole nitrogens is 1. The number of nitrogens with one attached hydrogen (secondary N) is 2. The molecule has 0 aliphatic rings. The molecular weight excluding hydrogens is 402 g/mol. The smallest absolute Gasteiger partial charge is 0.244 e. The molecule has 3 heterocycles. The Hall–Kier alpha value is -3.11. The van der Waals surface area contributed by atoms with Gasteiger partial charge in [-0.2, -0.15) is 10.1 Å². The number of ether oxygens (including phenoxy) is 1. The topological polar surface area (TPSA) is 115 Å². The average molecular weight is 426 g/mol. The molecule has 30 heavy (non-hydrogen) atoms. The van der Waals surface area contributed by atoms with E-state index < -0.39 is 0 Å². The van der Waals surface area contributed by atoms with Gasteiger partial charge in [0.2, 0.25) is 11.7 Å². The number of thiazole rings is 1. The second-order valence-corrected chi connectivity index (χ2v) is 8.75. The van der Waals surface area contributed by atoms with Crippen LogP contribution in [0.25, 0.3) is 11.6 Å². The summed E-state index contributed by atoms with van der Waals surface area (Å²) in [6, 6.07) is 9.56. The van der Waals surface area contributed by atoms with Gasteiger partial charge in [0, 0.05) is 11.9 Å². The van der Waals surface area contributed by atoms with E-state index in [4.69, 9.17) is 9.26 Å². The molecule has 2 N–H and O–H groups in total. The summed E-state index contributed by atoms with van der Waals surface area (Å²) >= 11 is 1.58. The zero-order valence-corrected chi connectivity index (χ0v) is 17.8. The monoisotopic (exact) mass is 425 g/mol. The van der Waals surface area contributed by atoms with Gasteiger partial charge in [0.1, 0.15) is 23.7 Å². The van der Waals surface area contributed by atoms with Gasteiger partial charge < -0.3 is 9.26 Å². The van der Waals surface area contributed by atoms with Crippen LogP contribution in [0.2, 0.25) is 0 Å². The van der Waals surface area contributed by atoms with Crippen LogP contribution in [0.3, 0.4) is 0 Å². The van der Waals surface area contributed by atoms with E-state index in [9.17, 15) is 0 Å². The molecule has 0 radical (unpaired) electrons. The Morgan fingerprint density at radius 3 is 2.77 bits per heavy atom. The Balaban J connectivity index is 1.39. The number of aromatic nitrogens is 6. The van der Waals surface area contributed by atoms with Gasteiger partial charge in [0.25, 0.3) is 0 Å². The molecule has 0 fully saturated rings. The highest BCUT2D eigenvalue weighted by Crippen LogP contribution is 2.32. The van der Waals surface area contributed by atoms with Crippen molar-refractivity contribution in [3.05, 3.63) is 58.6 Å². The summed E-state index contributed by atoms with van der Waals surface area (Å²) in [6.45, 7) is 7.36. The minimum atomic E-state index is -0.160. The van der Waals surface area contributed by atoms with Gasteiger partial charge in [-0.3, -0.25) is 10.4 Å². The minimum Gasteiger partial charge on any atom is -0.486 e. The lowest BCUT2D eigenvalue weighted by Crippen LogP contribution is -2.32. The normalized spacial score (nSPS) is 12.8. The van der Waals surface area contributed by atoms with Crippen LogP contribution in [0.5, 0.6) is 5.75 Å². The van der Waals surface area contributed by atoms with Gasteiger partial charge in [0.15, 0.2) is 5.82 Å². The predicted molar refractivity (Wildman–Crippen MR) is 112 cm³/mol. The van der Waals surface area contributed by atoms with Crippen LogP contribution >= 0.6 is 11.3 Å². The molecule has 0 saturated carbocycles. The van der Waals surface area contributed by atoms with Crippen molar-refractivity contribution in [3.8, 4) is 17.4 Å². The highest BCUT2D eigenvalue weighted by molar-refractivity contribution is 7.09. The lowest BCUT2D eigenvalue weighted by atomic mass is 9.86. The summed E-state index contributed by atoms with van der Waals surface area (Å²) < 4.78 is 11.3. The van der Waals surface area contributed by atoms with E-state index in [1.807, 2.05) is 35.7 Å². The summed E-state index contributed by atoms with van der Waals surface area (Å²) in [5.74, 6) is 2.18. The summed E-state index contributed by atoms with van der Waals surface area (Å²) in [5.41, 5.74) is 0.788. The third-order valence-electron chi connectivity index (χ3n) is 4.37. The molecule has 0 spiro atoms. The second-order valence-electron chi connectivity index (χ2n) is 7.80. The van der Waals surface area contributed by atoms with E-state index in [2.05, 4.69) is 56.4 Å². The van der Waals surface area contributed by atoms with Crippen LogP contribution < -0.4 is 10.1 Å². The number of hydrogen-bond donors (Lipinski definition) is 2. The second kappa shape index (κ2) is 8.72. The first-order valence-corrected chi connectivity index (χ1v) is 10.4. The summed E-state index contributed by atoms with van der Waals surface area (Å²) in [5, 5.41) is 17.0. The molecule has 0 bridgehead atoms. The van der Waals surface area contributed by atoms with Crippen LogP contribution in [0, 0.1) is 5.41 Å². The van der Waals surface area contributed by atoms with Crippen molar-refractivity contribution in [1.82, 2.24) is 35.6 Å². The lowest BCUT2D eigenvalue weighted by Gasteiger charge is -2.28. The van der Waals surface area contributed by atoms with Crippen molar-refractivity contribution in [1.29, 1.82) is 0 Å².